The molecule has 3 heterocycles. The molecule has 0 saturated carbocycles. The largest absolute Gasteiger partial charge is 0.355 e. The number of anilines is 1. The summed E-state index contributed by atoms with van der Waals surface area (Å²) in [4.78, 5) is 16.6. The van der Waals surface area contributed by atoms with Crippen molar-refractivity contribution in [1.29, 1.82) is 0 Å². The van der Waals surface area contributed by atoms with E-state index >= 15 is 0 Å². The fourth-order valence-corrected chi connectivity index (χ4v) is 3.07. The van der Waals surface area contributed by atoms with E-state index in [2.05, 4.69) is 33.2 Å². The van der Waals surface area contributed by atoms with E-state index in [1.54, 1.807) is 17.1 Å². The molecule has 7 nitrogen and oxygen atoms in total. The van der Waals surface area contributed by atoms with Crippen LogP contribution in [-0.4, -0.2) is 57.0 Å². The van der Waals surface area contributed by atoms with Gasteiger partial charge in [0.25, 0.3) is 5.91 Å². The molecular formula is C17H24N6O. The molecule has 0 aliphatic carbocycles. The predicted octanol–water partition coefficient (Wildman–Crippen LogP) is 1.57. The third kappa shape index (κ3) is 3.25. The number of aryl methyl sites for hydroxylation is 3. The number of carbonyl (C=O) groups excluding carboxylic acids is 1. The van der Waals surface area contributed by atoms with Crippen LogP contribution in [-0.2, 0) is 7.05 Å². The van der Waals surface area contributed by atoms with Crippen molar-refractivity contribution in [3.05, 3.63) is 35.3 Å². The Bertz CT molecular complexity index is 732. The van der Waals surface area contributed by atoms with Gasteiger partial charge in [0.15, 0.2) is 5.82 Å². The van der Waals surface area contributed by atoms with Gasteiger partial charge in [-0.1, -0.05) is 0 Å². The Morgan fingerprint density at radius 1 is 1.25 bits per heavy atom. The number of piperidine rings is 1. The second kappa shape index (κ2) is 6.59. The van der Waals surface area contributed by atoms with Crippen molar-refractivity contribution < 1.29 is 4.79 Å². The summed E-state index contributed by atoms with van der Waals surface area (Å²) in [6.07, 6.45) is 5.24. The molecule has 0 unspecified atom stereocenters. The first-order valence-corrected chi connectivity index (χ1v) is 8.27. The first-order chi connectivity index (χ1) is 11.5. The first-order valence-electron chi connectivity index (χ1n) is 8.27. The Morgan fingerprint density at radius 3 is 2.54 bits per heavy atom. The molecular weight excluding hydrogens is 304 g/mol. The minimum atomic E-state index is 0.0347. The van der Waals surface area contributed by atoms with Crippen molar-refractivity contribution >= 4 is 11.7 Å². The molecule has 1 aliphatic rings. The zero-order chi connectivity index (χ0) is 17.3. The Labute approximate surface area is 142 Å². The Morgan fingerprint density at radius 2 is 1.96 bits per heavy atom. The zero-order valence-electron chi connectivity index (χ0n) is 14.7. The van der Waals surface area contributed by atoms with Crippen molar-refractivity contribution in [2.24, 2.45) is 7.05 Å². The van der Waals surface area contributed by atoms with Crippen molar-refractivity contribution in [2.45, 2.75) is 32.7 Å². The van der Waals surface area contributed by atoms with E-state index in [1.165, 1.54) is 0 Å². The second-order valence-electron chi connectivity index (χ2n) is 6.51. The topological polar surface area (TPSA) is 67.2 Å². The number of aromatic nitrogens is 4. The van der Waals surface area contributed by atoms with E-state index in [0.717, 1.165) is 43.0 Å². The Kier molecular flexibility index (Phi) is 4.51. The average molecular weight is 328 g/mol. The van der Waals surface area contributed by atoms with Crippen LogP contribution in [0.1, 0.15) is 34.5 Å². The van der Waals surface area contributed by atoms with Gasteiger partial charge in [-0.05, 0) is 38.3 Å². The summed E-state index contributed by atoms with van der Waals surface area (Å²) in [5, 5.41) is 12.6. The third-order valence-electron chi connectivity index (χ3n) is 4.83. The summed E-state index contributed by atoms with van der Waals surface area (Å²) in [6.45, 7) is 5.79. The van der Waals surface area contributed by atoms with Crippen molar-refractivity contribution in [3.8, 4) is 0 Å². The maximum Gasteiger partial charge on any atom is 0.257 e. The number of amides is 1. The lowest BCUT2D eigenvalue weighted by atomic mass is 10.0. The number of carbonyl (C=O) groups is 1. The fraction of sp³-hybridized carbons (Fsp3) is 0.529. The smallest absolute Gasteiger partial charge is 0.257 e. The van der Waals surface area contributed by atoms with Gasteiger partial charge < -0.3 is 9.80 Å². The van der Waals surface area contributed by atoms with Crippen LogP contribution in [0.3, 0.4) is 0 Å². The van der Waals surface area contributed by atoms with Crippen LogP contribution in [0.25, 0.3) is 0 Å². The number of hydrogen-bond donors (Lipinski definition) is 0. The molecule has 1 saturated heterocycles. The quantitative estimate of drug-likeness (QED) is 0.855. The van der Waals surface area contributed by atoms with Gasteiger partial charge in [-0.25, -0.2) is 0 Å². The fourth-order valence-electron chi connectivity index (χ4n) is 3.07. The van der Waals surface area contributed by atoms with E-state index in [4.69, 9.17) is 0 Å². The summed E-state index contributed by atoms with van der Waals surface area (Å²) >= 11 is 0. The lowest BCUT2D eigenvalue weighted by Gasteiger charge is -2.37. The van der Waals surface area contributed by atoms with Gasteiger partial charge >= 0.3 is 0 Å². The van der Waals surface area contributed by atoms with Crippen molar-refractivity contribution in [1.82, 2.24) is 24.9 Å². The number of hydrogen-bond acceptors (Lipinski definition) is 5. The lowest BCUT2D eigenvalue weighted by Crippen LogP contribution is -2.45. The van der Waals surface area contributed by atoms with Gasteiger partial charge in [0, 0.05) is 39.4 Å². The highest BCUT2D eigenvalue weighted by atomic mass is 16.2. The standard InChI is InChI=1S/C17H24N6O/c1-12-9-16(20-19-13(12)2)23-7-5-15(6-8-23)22(4)17(24)14-10-18-21(3)11-14/h9-11,15H,5-8H2,1-4H3. The van der Waals surface area contributed by atoms with Crippen molar-refractivity contribution in [2.75, 3.05) is 25.0 Å². The highest BCUT2D eigenvalue weighted by Crippen LogP contribution is 2.22. The van der Waals surface area contributed by atoms with Gasteiger partial charge in [0.1, 0.15) is 0 Å². The van der Waals surface area contributed by atoms with Crippen LogP contribution >= 0.6 is 0 Å². The molecule has 0 atom stereocenters. The van der Waals surface area contributed by atoms with Gasteiger partial charge in [-0.15, -0.1) is 5.10 Å². The molecule has 7 heteroatoms. The van der Waals surface area contributed by atoms with Crippen LogP contribution in [0.5, 0.6) is 0 Å². The van der Waals surface area contributed by atoms with E-state index in [1.807, 2.05) is 25.9 Å². The van der Waals surface area contributed by atoms with Gasteiger partial charge in [-0.3, -0.25) is 9.48 Å². The Balaban J connectivity index is 1.62. The highest BCUT2D eigenvalue weighted by Gasteiger charge is 2.27. The average Bonchev–Trinajstić information content (AvgIpc) is 3.02. The van der Waals surface area contributed by atoms with Crippen LogP contribution in [0.2, 0.25) is 0 Å². The summed E-state index contributed by atoms with van der Waals surface area (Å²) in [5.41, 5.74) is 2.77. The molecule has 0 spiro atoms. The lowest BCUT2D eigenvalue weighted by molar-refractivity contribution is 0.0709. The summed E-state index contributed by atoms with van der Waals surface area (Å²) < 4.78 is 1.65. The minimum Gasteiger partial charge on any atom is -0.355 e. The normalized spacial score (nSPS) is 15.6. The second-order valence-corrected chi connectivity index (χ2v) is 6.51. The molecule has 0 bridgehead atoms. The van der Waals surface area contributed by atoms with E-state index < -0.39 is 0 Å². The third-order valence-corrected chi connectivity index (χ3v) is 4.83. The zero-order valence-corrected chi connectivity index (χ0v) is 14.7. The molecule has 24 heavy (non-hydrogen) atoms. The number of nitrogens with zero attached hydrogens (tertiary/aromatic N) is 6. The van der Waals surface area contributed by atoms with Crippen LogP contribution in [0, 0.1) is 13.8 Å². The van der Waals surface area contributed by atoms with E-state index in [-0.39, 0.29) is 11.9 Å². The maximum atomic E-state index is 12.5. The van der Waals surface area contributed by atoms with Gasteiger partial charge in [-0.2, -0.15) is 10.2 Å². The molecule has 128 valence electrons. The van der Waals surface area contributed by atoms with Crippen molar-refractivity contribution in [3.63, 3.8) is 0 Å². The highest BCUT2D eigenvalue weighted by molar-refractivity contribution is 5.93. The molecule has 1 aliphatic heterocycles. The van der Waals surface area contributed by atoms with E-state index in [9.17, 15) is 4.79 Å². The summed E-state index contributed by atoms with van der Waals surface area (Å²) in [5.74, 6) is 0.963. The predicted molar refractivity (Wildman–Crippen MR) is 92.0 cm³/mol. The maximum absolute atomic E-state index is 12.5. The van der Waals surface area contributed by atoms with Crippen LogP contribution in [0.15, 0.2) is 18.5 Å². The molecule has 0 aromatic carbocycles. The minimum absolute atomic E-state index is 0.0347. The summed E-state index contributed by atoms with van der Waals surface area (Å²) in [7, 11) is 3.70. The monoisotopic (exact) mass is 328 g/mol. The van der Waals surface area contributed by atoms with Gasteiger partial charge in [0.05, 0.1) is 17.5 Å². The molecule has 0 radical (unpaired) electrons. The molecule has 1 fully saturated rings. The SMILES string of the molecule is Cc1cc(N2CCC(N(C)C(=O)c3cnn(C)c3)CC2)nnc1C. The molecule has 2 aromatic heterocycles. The molecule has 1 amide bonds. The van der Waals surface area contributed by atoms with Gasteiger partial charge in [0.2, 0.25) is 0 Å². The van der Waals surface area contributed by atoms with E-state index in [0.29, 0.717) is 5.56 Å². The Hall–Kier alpha value is -2.44. The molecule has 3 rings (SSSR count). The summed E-state index contributed by atoms with van der Waals surface area (Å²) in [6, 6.07) is 2.33. The first kappa shape index (κ1) is 16.4. The molecule has 0 N–H and O–H groups in total. The number of rotatable bonds is 3. The molecule has 2 aromatic rings. The van der Waals surface area contributed by atoms with Crippen LogP contribution in [0.4, 0.5) is 5.82 Å². The van der Waals surface area contributed by atoms with Crippen LogP contribution < -0.4 is 4.90 Å².